The molecular weight excluding hydrogens is 226 g/mol. The van der Waals surface area contributed by atoms with Crippen LogP contribution in [-0.2, 0) is 11.8 Å². The molecule has 0 radical (unpaired) electrons. The van der Waals surface area contributed by atoms with Gasteiger partial charge in [0.25, 0.3) is 0 Å². The number of rotatable bonds is 3. The molecule has 1 aliphatic carbocycles. The Morgan fingerprint density at radius 2 is 2.00 bits per heavy atom. The highest BCUT2D eigenvalue weighted by atomic mass is 16.5. The van der Waals surface area contributed by atoms with Crippen LogP contribution in [0.15, 0.2) is 4.52 Å². The first-order valence-electron chi connectivity index (χ1n) is 7.30. The summed E-state index contributed by atoms with van der Waals surface area (Å²) in [7, 11) is 0. The van der Waals surface area contributed by atoms with Gasteiger partial charge in [0.15, 0.2) is 5.82 Å². The lowest BCUT2D eigenvalue weighted by molar-refractivity contribution is 0.270. The van der Waals surface area contributed by atoms with Crippen molar-refractivity contribution in [3.8, 4) is 0 Å². The Morgan fingerprint density at radius 1 is 1.28 bits per heavy atom. The summed E-state index contributed by atoms with van der Waals surface area (Å²) >= 11 is 0. The maximum atomic E-state index is 5.44. The van der Waals surface area contributed by atoms with E-state index >= 15 is 0 Å². The van der Waals surface area contributed by atoms with Crippen molar-refractivity contribution in [2.75, 3.05) is 0 Å². The van der Waals surface area contributed by atoms with Crippen LogP contribution in [0.2, 0.25) is 0 Å². The summed E-state index contributed by atoms with van der Waals surface area (Å²) in [6, 6.07) is 1.49. The van der Waals surface area contributed by atoms with Crippen LogP contribution in [0.25, 0.3) is 0 Å². The molecule has 4 rings (SSSR count). The van der Waals surface area contributed by atoms with Crippen LogP contribution in [0.3, 0.4) is 0 Å². The summed E-state index contributed by atoms with van der Waals surface area (Å²) in [6.45, 7) is 2.23. The van der Waals surface area contributed by atoms with Gasteiger partial charge < -0.3 is 9.84 Å². The van der Waals surface area contributed by atoms with E-state index in [0.717, 1.165) is 36.1 Å². The van der Waals surface area contributed by atoms with E-state index in [1.165, 1.54) is 38.5 Å². The summed E-state index contributed by atoms with van der Waals surface area (Å²) < 4.78 is 5.44. The predicted molar refractivity (Wildman–Crippen MR) is 67.3 cm³/mol. The molecular formula is C14H21N3O. The molecule has 1 aromatic heterocycles. The van der Waals surface area contributed by atoms with E-state index < -0.39 is 0 Å². The fourth-order valence-corrected chi connectivity index (χ4v) is 3.58. The number of hydrogen-bond acceptors (Lipinski definition) is 4. The Balaban J connectivity index is 1.43. The first-order valence-corrected chi connectivity index (χ1v) is 7.30. The second kappa shape index (κ2) is 3.80. The van der Waals surface area contributed by atoms with Gasteiger partial charge in [0, 0.05) is 23.9 Å². The Hall–Kier alpha value is -0.900. The van der Waals surface area contributed by atoms with Gasteiger partial charge in [-0.2, -0.15) is 4.98 Å². The van der Waals surface area contributed by atoms with Gasteiger partial charge in [-0.25, -0.2) is 0 Å². The first kappa shape index (κ1) is 11.0. The number of fused-ring (bicyclic) bond motifs is 2. The van der Waals surface area contributed by atoms with Crippen molar-refractivity contribution in [2.24, 2.45) is 5.92 Å². The highest BCUT2D eigenvalue weighted by Crippen LogP contribution is 2.46. The molecule has 0 aromatic carbocycles. The molecule has 2 aliphatic heterocycles. The average Bonchev–Trinajstić information content (AvgIpc) is 2.80. The third kappa shape index (κ3) is 1.87. The molecule has 1 aromatic rings. The fourth-order valence-electron chi connectivity index (χ4n) is 3.58. The molecule has 3 fully saturated rings. The molecule has 3 heterocycles. The molecule has 2 saturated heterocycles. The highest BCUT2D eigenvalue weighted by molar-refractivity contribution is 5.14. The molecule has 1 saturated carbocycles. The van der Waals surface area contributed by atoms with Crippen molar-refractivity contribution in [3.05, 3.63) is 11.7 Å². The minimum atomic E-state index is 0.231. The summed E-state index contributed by atoms with van der Waals surface area (Å²) in [5, 5.41) is 7.85. The lowest BCUT2D eigenvalue weighted by atomic mass is 9.90. The summed E-state index contributed by atoms with van der Waals surface area (Å²) in [5.41, 5.74) is 0.231. The Morgan fingerprint density at radius 3 is 2.67 bits per heavy atom. The van der Waals surface area contributed by atoms with Crippen molar-refractivity contribution in [1.82, 2.24) is 15.5 Å². The molecule has 1 N–H and O–H groups in total. The smallest absolute Gasteiger partial charge is 0.226 e. The predicted octanol–water partition coefficient (Wildman–Crippen LogP) is 2.19. The number of aromatic nitrogens is 2. The minimum Gasteiger partial charge on any atom is -0.339 e. The van der Waals surface area contributed by atoms with E-state index in [1.807, 2.05) is 0 Å². The van der Waals surface area contributed by atoms with E-state index in [0.29, 0.717) is 0 Å². The first-order chi connectivity index (χ1) is 8.71. The summed E-state index contributed by atoms with van der Waals surface area (Å²) in [6.07, 6.45) is 8.68. The molecule has 3 aliphatic rings. The number of piperidine rings is 1. The van der Waals surface area contributed by atoms with Crippen LogP contribution in [0.4, 0.5) is 0 Å². The standard InChI is InChI=1S/C14H21N3O/c1-14(4-5-14)13-16-12(18-17-13)8-9-6-10-2-3-11(7-9)15-10/h9-11,15H,2-8H2,1H3. The van der Waals surface area contributed by atoms with Crippen LogP contribution >= 0.6 is 0 Å². The molecule has 0 spiro atoms. The van der Waals surface area contributed by atoms with Crippen molar-refractivity contribution in [3.63, 3.8) is 0 Å². The second-order valence-corrected chi connectivity index (χ2v) is 6.75. The zero-order valence-corrected chi connectivity index (χ0v) is 11.0. The van der Waals surface area contributed by atoms with Crippen LogP contribution in [0.5, 0.6) is 0 Å². The zero-order chi connectivity index (χ0) is 12.2. The molecule has 2 atom stereocenters. The van der Waals surface area contributed by atoms with Crippen molar-refractivity contribution in [2.45, 2.75) is 69.4 Å². The minimum absolute atomic E-state index is 0.231. The molecule has 2 bridgehead atoms. The monoisotopic (exact) mass is 247 g/mol. The van der Waals surface area contributed by atoms with Gasteiger partial charge in [0.05, 0.1) is 0 Å². The molecule has 4 heteroatoms. The number of nitrogens with one attached hydrogen (secondary N) is 1. The topological polar surface area (TPSA) is 51.0 Å². The maximum absolute atomic E-state index is 5.44. The van der Waals surface area contributed by atoms with E-state index in [-0.39, 0.29) is 5.41 Å². The third-order valence-corrected chi connectivity index (χ3v) is 5.04. The molecule has 0 amide bonds. The average molecular weight is 247 g/mol. The summed E-state index contributed by atoms with van der Waals surface area (Å²) in [4.78, 5) is 4.61. The molecule has 98 valence electrons. The molecule has 18 heavy (non-hydrogen) atoms. The van der Waals surface area contributed by atoms with Crippen molar-refractivity contribution in [1.29, 1.82) is 0 Å². The molecule has 4 nitrogen and oxygen atoms in total. The normalized spacial score (nSPS) is 36.8. The Bertz CT molecular complexity index is 440. The quantitative estimate of drug-likeness (QED) is 0.889. The van der Waals surface area contributed by atoms with Crippen molar-refractivity contribution >= 4 is 0 Å². The Kier molecular flexibility index (Phi) is 2.31. The second-order valence-electron chi connectivity index (χ2n) is 6.75. The van der Waals surface area contributed by atoms with E-state index in [2.05, 4.69) is 22.4 Å². The van der Waals surface area contributed by atoms with E-state index in [1.54, 1.807) is 0 Å². The fraction of sp³-hybridized carbons (Fsp3) is 0.857. The largest absolute Gasteiger partial charge is 0.339 e. The Labute approximate surface area is 108 Å². The lowest BCUT2D eigenvalue weighted by Crippen LogP contribution is -2.38. The van der Waals surface area contributed by atoms with Crippen LogP contribution in [0.1, 0.15) is 57.2 Å². The van der Waals surface area contributed by atoms with Gasteiger partial charge in [-0.3, -0.25) is 0 Å². The lowest BCUT2D eigenvalue weighted by Gasteiger charge is -2.28. The van der Waals surface area contributed by atoms with Gasteiger partial charge in [0.2, 0.25) is 5.89 Å². The van der Waals surface area contributed by atoms with Crippen LogP contribution in [0, 0.1) is 5.92 Å². The SMILES string of the molecule is CC1(c2noc(CC3CC4CCC(C3)N4)n2)CC1. The number of hydrogen-bond donors (Lipinski definition) is 1. The van der Waals surface area contributed by atoms with E-state index in [4.69, 9.17) is 4.52 Å². The third-order valence-electron chi connectivity index (χ3n) is 5.04. The van der Waals surface area contributed by atoms with Crippen LogP contribution in [-0.4, -0.2) is 22.2 Å². The number of nitrogens with zero attached hydrogens (tertiary/aromatic N) is 2. The van der Waals surface area contributed by atoms with Crippen LogP contribution < -0.4 is 5.32 Å². The van der Waals surface area contributed by atoms with Gasteiger partial charge in [-0.1, -0.05) is 12.1 Å². The van der Waals surface area contributed by atoms with Crippen molar-refractivity contribution < 1.29 is 4.52 Å². The van der Waals surface area contributed by atoms with E-state index in [9.17, 15) is 0 Å². The van der Waals surface area contributed by atoms with Gasteiger partial charge >= 0.3 is 0 Å². The highest BCUT2D eigenvalue weighted by Gasteiger charge is 2.43. The van der Waals surface area contributed by atoms with Gasteiger partial charge in [-0.05, 0) is 44.4 Å². The zero-order valence-electron chi connectivity index (χ0n) is 11.0. The molecule has 2 unspecified atom stereocenters. The maximum Gasteiger partial charge on any atom is 0.226 e. The summed E-state index contributed by atoms with van der Waals surface area (Å²) in [5.74, 6) is 2.54. The van der Waals surface area contributed by atoms with Gasteiger partial charge in [0.1, 0.15) is 0 Å². The van der Waals surface area contributed by atoms with Gasteiger partial charge in [-0.15, -0.1) is 0 Å².